The lowest BCUT2D eigenvalue weighted by Crippen LogP contribution is -2.29. The molecule has 0 atom stereocenters. The summed E-state index contributed by atoms with van der Waals surface area (Å²) < 4.78 is 54.5. The topological polar surface area (TPSA) is 84.5 Å². The number of rotatable bonds is 10. The number of carbonyl (C=O) groups is 1. The molecule has 2 aromatic carbocycles. The highest BCUT2D eigenvalue weighted by Gasteiger charge is 2.08. The van der Waals surface area contributed by atoms with Gasteiger partial charge in [0.1, 0.15) is 5.75 Å². The molecule has 0 aromatic heterocycles. The van der Waals surface area contributed by atoms with Crippen LogP contribution in [0.2, 0.25) is 0 Å². The van der Waals surface area contributed by atoms with Crippen molar-refractivity contribution < 1.29 is 26.7 Å². The molecule has 0 heterocycles. The SMILES string of the molecule is O=C(CCNS(=O)(=O)/C=C/c1ccccc1)NCc1ccc(OC(F)F)cc1. The fourth-order valence-corrected chi connectivity index (χ4v) is 2.98. The number of benzene rings is 2. The van der Waals surface area contributed by atoms with Crippen LogP contribution in [0.3, 0.4) is 0 Å². The van der Waals surface area contributed by atoms with Gasteiger partial charge in [-0.15, -0.1) is 0 Å². The molecule has 0 spiro atoms. The Morgan fingerprint density at radius 2 is 1.75 bits per heavy atom. The average Bonchev–Trinajstić information content (AvgIpc) is 2.66. The zero-order chi connectivity index (χ0) is 20.4. The van der Waals surface area contributed by atoms with E-state index in [1.807, 2.05) is 6.07 Å². The minimum atomic E-state index is -3.64. The van der Waals surface area contributed by atoms with Gasteiger partial charge in [-0.25, -0.2) is 13.1 Å². The first-order chi connectivity index (χ1) is 13.3. The van der Waals surface area contributed by atoms with Crippen molar-refractivity contribution in [3.63, 3.8) is 0 Å². The maximum Gasteiger partial charge on any atom is 0.387 e. The molecule has 28 heavy (non-hydrogen) atoms. The maximum atomic E-state index is 12.1. The van der Waals surface area contributed by atoms with E-state index in [9.17, 15) is 22.0 Å². The van der Waals surface area contributed by atoms with Gasteiger partial charge in [-0.1, -0.05) is 42.5 Å². The molecule has 0 aliphatic heterocycles. The number of hydrogen-bond acceptors (Lipinski definition) is 4. The van der Waals surface area contributed by atoms with Crippen molar-refractivity contribution in [2.24, 2.45) is 0 Å². The van der Waals surface area contributed by atoms with Gasteiger partial charge in [0.05, 0.1) is 0 Å². The first-order valence-electron chi connectivity index (χ1n) is 8.37. The van der Waals surface area contributed by atoms with Gasteiger partial charge in [0.25, 0.3) is 0 Å². The van der Waals surface area contributed by atoms with E-state index in [4.69, 9.17) is 0 Å². The minimum absolute atomic E-state index is 0.0306. The average molecular weight is 410 g/mol. The van der Waals surface area contributed by atoms with Crippen LogP contribution < -0.4 is 14.8 Å². The fourth-order valence-electron chi connectivity index (χ4n) is 2.17. The van der Waals surface area contributed by atoms with Crippen molar-refractivity contribution >= 4 is 22.0 Å². The van der Waals surface area contributed by atoms with E-state index in [-0.39, 0.29) is 31.2 Å². The smallest absolute Gasteiger partial charge is 0.387 e. The van der Waals surface area contributed by atoms with Gasteiger partial charge in [0.2, 0.25) is 15.9 Å². The minimum Gasteiger partial charge on any atom is -0.435 e. The summed E-state index contributed by atoms with van der Waals surface area (Å²) in [7, 11) is -3.64. The van der Waals surface area contributed by atoms with Crippen LogP contribution in [0.1, 0.15) is 17.5 Å². The summed E-state index contributed by atoms with van der Waals surface area (Å²) in [5.41, 5.74) is 1.44. The Balaban J connectivity index is 1.71. The molecule has 6 nitrogen and oxygen atoms in total. The van der Waals surface area contributed by atoms with Crippen molar-refractivity contribution in [3.8, 4) is 5.75 Å². The van der Waals surface area contributed by atoms with Gasteiger partial charge < -0.3 is 10.1 Å². The Morgan fingerprint density at radius 3 is 2.39 bits per heavy atom. The molecule has 0 aliphatic carbocycles. The largest absolute Gasteiger partial charge is 0.435 e. The Hall–Kier alpha value is -2.78. The Bertz CT molecular complexity index is 886. The zero-order valence-corrected chi connectivity index (χ0v) is 15.7. The van der Waals surface area contributed by atoms with Crippen LogP contribution in [0, 0.1) is 0 Å². The predicted molar refractivity (Wildman–Crippen MR) is 102 cm³/mol. The molecule has 0 saturated carbocycles. The number of ether oxygens (including phenoxy) is 1. The molecule has 1 amide bonds. The van der Waals surface area contributed by atoms with Crippen LogP contribution in [0.5, 0.6) is 5.75 Å². The molecule has 2 N–H and O–H groups in total. The quantitative estimate of drug-likeness (QED) is 0.631. The van der Waals surface area contributed by atoms with E-state index >= 15 is 0 Å². The first kappa shape index (κ1) is 21.5. The van der Waals surface area contributed by atoms with Crippen LogP contribution in [-0.2, 0) is 21.4 Å². The second kappa shape index (κ2) is 10.5. The third kappa shape index (κ3) is 8.28. The summed E-state index contributed by atoms with van der Waals surface area (Å²) in [6.45, 7) is -2.75. The molecule has 2 aromatic rings. The zero-order valence-electron chi connectivity index (χ0n) is 14.8. The third-order valence-corrected chi connectivity index (χ3v) is 4.63. The van der Waals surface area contributed by atoms with Gasteiger partial charge in [-0.2, -0.15) is 8.78 Å². The van der Waals surface area contributed by atoms with Crippen LogP contribution in [0.4, 0.5) is 8.78 Å². The number of nitrogens with one attached hydrogen (secondary N) is 2. The normalized spacial score (nSPS) is 11.7. The highest BCUT2D eigenvalue weighted by atomic mass is 32.2. The molecule has 9 heteroatoms. The molecule has 0 saturated heterocycles. The monoisotopic (exact) mass is 410 g/mol. The number of halogens is 2. The number of hydrogen-bond donors (Lipinski definition) is 2. The van der Waals surface area contributed by atoms with E-state index in [0.717, 1.165) is 11.0 Å². The Morgan fingerprint density at radius 1 is 1.07 bits per heavy atom. The molecule has 0 fully saturated rings. The summed E-state index contributed by atoms with van der Waals surface area (Å²) in [5, 5.41) is 3.67. The van der Waals surface area contributed by atoms with Gasteiger partial charge in [0.15, 0.2) is 0 Å². The van der Waals surface area contributed by atoms with E-state index in [2.05, 4.69) is 14.8 Å². The molecule has 0 radical (unpaired) electrons. The van der Waals surface area contributed by atoms with Gasteiger partial charge in [-0.3, -0.25) is 4.79 Å². The Labute approximate surface area is 162 Å². The summed E-state index contributed by atoms with van der Waals surface area (Å²) >= 11 is 0. The lowest BCUT2D eigenvalue weighted by molar-refractivity contribution is -0.121. The molecular formula is C19H20F2N2O4S. The molecule has 0 aliphatic rings. The van der Waals surface area contributed by atoms with Crippen molar-refractivity contribution in [1.82, 2.24) is 10.0 Å². The van der Waals surface area contributed by atoms with E-state index in [1.54, 1.807) is 36.4 Å². The van der Waals surface area contributed by atoms with E-state index in [0.29, 0.717) is 5.56 Å². The van der Waals surface area contributed by atoms with Crippen LogP contribution in [0.15, 0.2) is 60.0 Å². The second-order valence-electron chi connectivity index (χ2n) is 5.70. The van der Waals surface area contributed by atoms with Gasteiger partial charge >= 0.3 is 6.61 Å². The van der Waals surface area contributed by atoms with Crippen LogP contribution in [-0.4, -0.2) is 27.5 Å². The van der Waals surface area contributed by atoms with E-state index in [1.165, 1.54) is 18.2 Å². The van der Waals surface area contributed by atoms with E-state index < -0.39 is 16.6 Å². The highest BCUT2D eigenvalue weighted by molar-refractivity contribution is 7.92. The van der Waals surface area contributed by atoms with Gasteiger partial charge in [0, 0.05) is 24.9 Å². The lowest BCUT2D eigenvalue weighted by Gasteiger charge is -2.08. The first-order valence-corrected chi connectivity index (χ1v) is 9.92. The Kier molecular flexibility index (Phi) is 8.09. The third-order valence-electron chi connectivity index (χ3n) is 3.53. The van der Waals surface area contributed by atoms with Crippen molar-refractivity contribution in [2.45, 2.75) is 19.6 Å². The lowest BCUT2D eigenvalue weighted by atomic mass is 10.2. The number of sulfonamides is 1. The van der Waals surface area contributed by atoms with Crippen molar-refractivity contribution in [3.05, 3.63) is 71.1 Å². The second-order valence-corrected chi connectivity index (χ2v) is 7.35. The fraction of sp³-hybridized carbons (Fsp3) is 0.211. The standard InChI is InChI=1S/C19H20F2N2O4S/c20-19(21)27-17-8-6-16(7-9-17)14-22-18(24)10-12-23-28(25,26)13-11-15-4-2-1-3-5-15/h1-9,11,13,19,23H,10,12,14H2,(H,22,24)/b13-11+. The number of amides is 1. The van der Waals surface area contributed by atoms with Crippen molar-refractivity contribution in [2.75, 3.05) is 6.54 Å². The molecule has 0 bridgehead atoms. The van der Waals surface area contributed by atoms with Crippen LogP contribution in [0.25, 0.3) is 6.08 Å². The molecule has 150 valence electrons. The van der Waals surface area contributed by atoms with Crippen LogP contribution >= 0.6 is 0 Å². The molecule has 0 unspecified atom stereocenters. The summed E-state index contributed by atoms with van der Waals surface area (Å²) in [6.07, 6.45) is 1.43. The predicted octanol–water partition coefficient (Wildman–Crippen LogP) is 2.88. The summed E-state index contributed by atoms with van der Waals surface area (Å²) in [5.74, 6) is -0.314. The van der Waals surface area contributed by atoms with Crippen molar-refractivity contribution in [1.29, 1.82) is 0 Å². The molecular weight excluding hydrogens is 390 g/mol. The maximum absolute atomic E-state index is 12.1. The highest BCUT2D eigenvalue weighted by Crippen LogP contribution is 2.14. The number of alkyl halides is 2. The van der Waals surface area contributed by atoms with Gasteiger partial charge in [-0.05, 0) is 29.3 Å². The summed E-state index contributed by atoms with van der Waals surface area (Å²) in [6, 6.07) is 14.8. The number of carbonyl (C=O) groups excluding carboxylic acids is 1. The summed E-state index contributed by atoms with van der Waals surface area (Å²) in [4.78, 5) is 11.8. The molecule has 2 rings (SSSR count).